The average molecular weight is 417 g/mol. The van der Waals surface area contributed by atoms with Crippen LogP contribution in [0.1, 0.15) is 11.1 Å². The van der Waals surface area contributed by atoms with E-state index in [1.54, 1.807) is 36.5 Å². The molecule has 0 saturated heterocycles. The number of rotatable bonds is 6. The van der Waals surface area contributed by atoms with E-state index in [-0.39, 0.29) is 13.0 Å². The standard InChI is InChI=1S/C24H16FNO5/c25-20-13-30-24-18(17-6-3-5-16-11-26-31-23(16)17)8-14(9-19(20)24)12-29-21-7-2-1-4-15(21)10-22(27)28/h1-9,11,13H,10,12H2,(H,27,28). The Labute approximate surface area is 175 Å². The minimum Gasteiger partial charge on any atom is -0.489 e. The van der Waals surface area contributed by atoms with Gasteiger partial charge >= 0.3 is 5.97 Å². The molecule has 0 fully saturated rings. The van der Waals surface area contributed by atoms with E-state index in [0.717, 1.165) is 17.2 Å². The number of carbonyl (C=O) groups is 1. The van der Waals surface area contributed by atoms with Gasteiger partial charge in [-0.3, -0.25) is 4.79 Å². The normalized spacial score (nSPS) is 11.3. The van der Waals surface area contributed by atoms with Gasteiger partial charge < -0.3 is 18.8 Å². The number of para-hydroxylation sites is 2. The number of hydrogen-bond acceptors (Lipinski definition) is 5. The lowest BCUT2D eigenvalue weighted by Gasteiger charge is -2.12. The predicted octanol–water partition coefficient (Wildman–Crippen LogP) is 5.59. The minimum atomic E-state index is -0.944. The first-order valence-corrected chi connectivity index (χ1v) is 9.56. The summed E-state index contributed by atoms with van der Waals surface area (Å²) in [6.07, 6.45) is 2.54. The van der Waals surface area contributed by atoms with E-state index in [2.05, 4.69) is 5.16 Å². The van der Waals surface area contributed by atoms with Crippen LogP contribution < -0.4 is 4.74 Å². The Morgan fingerprint density at radius 1 is 1.06 bits per heavy atom. The number of benzene rings is 3. The molecule has 0 aliphatic rings. The molecular weight excluding hydrogens is 401 g/mol. The molecule has 0 bridgehead atoms. The number of halogens is 1. The fourth-order valence-corrected chi connectivity index (χ4v) is 3.67. The van der Waals surface area contributed by atoms with Crippen LogP contribution in [0.15, 0.2) is 76.0 Å². The Bertz CT molecular complexity index is 1420. The Morgan fingerprint density at radius 3 is 2.81 bits per heavy atom. The molecule has 154 valence electrons. The lowest BCUT2D eigenvalue weighted by molar-refractivity contribution is -0.136. The monoisotopic (exact) mass is 417 g/mol. The molecule has 1 N–H and O–H groups in total. The van der Waals surface area contributed by atoms with Gasteiger partial charge in [0.1, 0.15) is 24.2 Å². The summed E-state index contributed by atoms with van der Waals surface area (Å²) in [5.74, 6) is -0.953. The van der Waals surface area contributed by atoms with E-state index in [4.69, 9.17) is 18.8 Å². The molecule has 6 nitrogen and oxygen atoms in total. The lowest BCUT2D eigenvalue weighted by atomic mass is 9.99. The molecule has 2 aromatic heterocycles. The van der Waals surface area contributed by atoms with Crippen LogP contribution in [0.25, 0.3) is 33.1 Å². The summed E-state index contributed by atoms with van der Waals surface area (Å²) >= 11 is 0. The molecule has 31 heavy (non-hydrogen) atoms. The smallest absolute Gasteiger partial charge is 0.307 e. The first kappa shape index (κ1) is 18.9. The third kappa shape index (κ3) is 3.50. The van der Waals surface area contributed by atoms with E-state index >= 15 is 0 Å². The summed E-state index contributed by atoms with van der Waals surface area (Å²) < 4.78 is 31.2. The molecule has 0 unspecified atom stereocenters. The van der Waals surface area contributed by atoms with Crippen molar-refractivity contribution in [3.63, 3.8) is 0 Å². The number of fused-ring (bicyclic) bond motifs is 2. The molecule has 0 aliphatic heterocycles. The summed E-state index contributed by atoms with van der Waals surface area (Å²) in [6, 6.07) is 16.1. The molecule has 0 aliphatic carbocycles. The van der Waals surface area contributed by atoms with Crippen molar-refractivity contribution in [3.05, 3.63) is 84.0 Å². The van der Waals surface area contributed by atoms with Gasteiger partial charge in [0.2, 0.25) is 0 Å². The van der Waals surface area contributed by atoms with Gasteiger partial charge in [0.05, 0.1) is 18.0 Å². The van der Waals surface area contributed by atoms with Gasteiger partial charge in [-0.05, 0) is 29.8 Å². The third-order valence-electron chi connectivity index (χ3n) is 5.07. The number of nitrogens with zero attached hydrogens (tertiary/aromatic N) is 1. The van der Waals surface area contributed by atoms with Gasteiger partial charge in [-0.2, -0.15) is 0 Å². The number of furan rings is 1. The van der Waals surface area contributed by atoms with E-state index in [1.165, 1.54) is 0 Å². The van der Waals surface area contributed by atoms with Gasteiger partial charge in [-0.15, -0.1) is 0 Å². The van der Waals surface area contributed by atoms with Crippen LogP contribution >= 0.6 is 0 Å². The molecule has 2 heterocycles. The molecule has 0 amide bonds. The average Bonchev–Trinajstić information content (AvgIpc) is 3.39. The maximum absolute atomic E-state index is 14.4. The number of ether oxygens (including phenoxy) is 1. The van der Waals surface area contributed by atoms with E-state index in [0.29, 0.717) is 39.0 Å². The first-order valence-electron chi connectivity index (χ1n) is 9.56. The predicted molar refractivity (Wildman–Crippen MR) is 111 cm³/mol. The van der Waals surface area contributed by atoms with E-state index in [1.807, 2.05) is 24.3 Å². The van der Waals surface area contributed by atoms with Gasteiger partial charge in [0.15, 0.2) is 11.4 Å². The number of hydrogen-bond donors (Lipinski definition) is 1. The Morgan fingerprint density at radius 2 is 1.94 bits per heavy atom. The Hall–Kier alpha value is -4.13. The Kier molecular flexibility index (Phi) is 4.63. The van der Waals surface area contributed by atoms with Crippen LogP contribution in [0.4, 0.5) is 4.39 Å². The highest BCUT2D eigenvalue weighted by molar-refractivity contribution is 6.01. The summed E-state index contributed by atoms with van der Waals surface area (Å²) in [5.41, 5.74) is 3.62. The zero-order valence-corrected chi connectivity index (χ0v) is 16.2. The first-order chi connectivity index (χ1) is 15.1. The van der Waals surface area contributed by atoms with Crippen LogP contribution in [0, 0.1) is 5.82 Å². The molecule has 0 spiro atoms. The number of carboxylic acids is 1. The summed E-state index contributed by atoms with van der Waals surface area (Å²) in [6.45, 7) is 0.122. The topological polar surface area (TPSA) is 85.7 Å². The summed E-state index contributed by atoms with van der Waals surface area (Å²) in [4.78, 5) is 11.1. The zero-order chi connectivity index (χ0) is 21.4. The molecule has 5 rings (SSSR count). The van der Waals surface area contributed by atoms with Crippen LogP contribution in [0.3, 0.4) is 0 Å². The van der Waals surface area contributed by atoms with Gasteiger partial charge in [-0.1, -0.05) is 35.5 Å². The maximum atomic E-state index is 14.4. The minimum absolute atomic E-state index is 0.122. The second-order valence-electron chi connectivity index (χ2n) is 7.12. The van der Waals surface area contributed by atoms with Crippen molar-refractivity contribution < 1.29 is 28.0 Å². The zero-order valence-electron chi connectivity index (χ0n) is 16.2. The molecular formula is C24H16FNO5. The van der Waals surface area contributed by atoms with Crippen molar-refractivity contribution in [1.29, 1.82) is 0 Å². The van der Waals surface area contributed by atoms with Gasteiger partial charge in [0, 0.05) is 22.1 Å². The van der Waals surface area contributed by atoms with Crippen molar-refractivity contribution in [2.24, 2.45) is 0 Å². The van der Waals surface area contributed by atoms with Gasteiger partial charge in [-0.25, -0.2) is 4.39 Å². The van der Waals surface area contributed by atoms with Crippen LogP contribution in [-0.2, 0) is 17.8 Å². The molecule has 3 aromatic carbocycles. The largest absolute Gasteiger partial charge is 0.489 e. The quantitative estimate of drug-likeness (QED) is 0.388. The highest BCUT2D eigenvalue weighted by atomic mass is 19.1. The van der Waals surface area contributed by atoms with Crippen molar-refractivity contribution in [2.45, 2.75) is 13.0 Å². The van der Waals surface area contributed by atoms with Crippen molar-refractivity contribution in [3.8, 4) is 16.9 Å². The fourth-order valence-electron chi connectivity index (χ4n) is 3.67. The second-order valence-corrected chi connectivity index (χ2v) is 7.12. The summed E-state index contributed by atoms with van der Waals surface area (Å²) in [5, 5.41) is 14.1. The van der Waals surface area contributed by atoms with Crippen molar-refractivity contribution in [2.75, 3.05) is 0 Å². The van der Waals surface area contributed by atoms with Crippen LogP contribution in [0.2, 0.25) is 0 Å². The fraction of sp³-hybridized carbons (Fsp3) is 0.0833. The van der Waals surface area contributed by atoms with Gasteiger partial charge in [0.25, 0.3) is 0 Å². The Balaban J connectivity index is 1.56. The van der Waals surface area contributed by atoms with Crippen LogP contribution in [0.5, 0.6) is 5.75 Å². The maximum Gasteiger partial charge on any atom is 0.307 e. The number of aromatic nitrogens is 1. The molecule has 7 heteroatoms. The van der Waals surface area contributed by atoms with E-state index < -0.39 is 11.8 Å². The molecule has 0 atom stereocenters. The third-order valence-corrected chi connectivity index (χ3v) is 5.07. The summed E-state index contributed by atoms with van der Waals surface area (Å²) in [7, 11) is 0. The molecule has 5 aromatic rings. The molecule has 0 saturated carbocycles. The van der Waals surface area contributed by atoms with Crippen LogP contribution in [-0.4, -0.2) is 16.2 Å². The second kappa shape index (κ2) is 7.60. The number of aliphatic carboxylic acids is 1. The lowest BCUT2D eigenvalue weighted by Crippen LogP contribution is -2.04. The number of carboxylic acid groups (broad SMARTS) is 1. The SMILES string of the molecule is O=C(O)Cc1ccccc1OCc1cc(-c2cccc3cnoc23)c2occ(F)c2c1. The molecule has 0 radical (unpaired) electrons. The highest BCUT2D eigenvalue weighted by Crippen LogP contribution is 2.36. The van der Waals surface area contributed by atoms with E-state index in [9.17, 15) is 9.18 Å². The van der Waals surface area contributed by atoms with Crippen molar-refractivity contribution >= 4 is 27.9 Å². The van der Waals surface area contributed by atoms with Crippen molar-refractivity contribution in [1.82, 2.24) is 5.16 Å². The highest BCUT2D eigenvalue weighted by Gasteiger charge is 2.18.